The third kappa shape index (κ3) is 7.88. The number of amides is 1. The van der Waals surface area contributed by atoms with E-state index in [2.05, 4.69) is 26.4 Å². The Balaban J connectivity index is 0.00000392. The molecule has 0 atom stereocenters. The number of hydrogen-bond donors (Lipinski definition) is 3. The second kappa shape index (κ2) is 13.1. The van der Waals surface area contributed by atoms with Gasteiger partial charge in [0, 0.05) is 13.0 Å². The summed E-state index contributed by atoms with van der Waals surface area (Å²) in [4.78, 5) is 12.2. The molecule has 0 heterocycles. The van der Waals surface area contributed by atoms with Crippen molar-refractivity contribution in [2.24, 2.45) is 10.9 Å². The fourth-order valence-corrected chi connectivity index (χ4v) is 3.00. The summed E-state index contributed by atoms with van der Waals surface area (Å²) >= 11 is 3.46. The molecule has 4 N–H and O–H groups in total. The Hall–Kier alpha value is -2.09. The molecule has 0 aliphatic rings. The van der Waals surface area contributed by atoms with Gasteiger partial charge in [-0.25, -0.2) is 0 Å². The first-order chi connectivity index (χ1) is 13.1. The number of halogens is 2. The van der Waals surface area contributed by atoms with Gasteiger partial charge in [-0.2, -0.15) is 0 Å². The van der Waals surface area contributed by atoms with Crippen molar-refractivity contribution >= 4 is 40.0 Å². The average Bonchev–Trinajstić information content (AvgIpc) is 2.68. The third-order valence-electron chi connectivity index (χ3n) is 3.90. The maximum Gasteiger partial charge on any atom is 0.269 e. The van der Waals surface area contributed by atoms with Gasteiger partial charge in [0.1, 0.15) is 11.5 Å². The number of oxime groups is 1. The van der Waals surface area contributed by atoms with E-state index in [1.54, 1.807) is 0 Å². The molecule has 1 amide bonds. The van der Waals surface area contributed by atoms with E-state index in [0.717, 1.165) is 22.0 Å². The number of nitrogens with two attached hydrogens (primary N) is 1. The van der Waals surface area contributed by atoms with E-state index < -0.39 is 0 Å². The summed E-state index contributed by atoms with van der Waals surface area (Å²) in [5.74, 6) is 0.329. The number of nitrogens with zero attached hydrogens (tertiary/aromatic N) is 1. The summed E-state index contributed by atoms with van der Waals surface area (Å²) in [6.07, 6.45) is 1.71. The van der Waals surface area contributed by atoms with Crippen LogP contribution in [-0.4, -0.2) is 36.5 Å². The van der Waals surface area contributed by atoms with Crippen LogP contribution in [-0.2, 0) is 17.6 Å². The maximum absolute atomic E-state index is 12.2. The van der Waals surface area contributed by atoms with E-state index in [0.29, 0.717) is 31.9 Å². The summed E-state index contributed by atoms with van der Waals surface area (Å²) in [5.41, 5.74) is 7.48. The van der Waals surface area contributed by atoms with Crippen LogP contribution in [0, 0.1) is 0 Å². The fourth-order valence-electron chi connectivity index (χ4n) is 2.46. The molecule has 152 valence electrons. The van der Waals surface area contributed by atoms with E-state index >= 15 is 0 Å². The van der Waals surface area contributed by atoms with Gasteiger partial charge in [0.05, 0.1) is 11.1 Å². The SMILES string of the molecule is Cl.NCCCOc1ccc(C/C(=N\O)C(=O)NCCc2ccccc2)cc1Br. The van der Waals surface area contributed by atoms with Crippen LogP contribution in [0.5, 0.6) is 5.75 Å². The second-order valence-corrected chi connectivity index (χ2v) is 6.82. The number of carbonyl (C=O) groups excluding carboxylic acids is 1. The van der Waals surface area contributed by atoms with Gasteiger partial charge in [-0.3, -0.25) is 4.79 Å². The molecule has 0 aliphatic heterocycles. The number of ether oxygens (including phenoxy) is 1. The highest BCUT2D eigenvalue weighted by atomic mass is 79.9. The Kier molecular flexibility index (Phi) is 11.2. The maximum atomic E-state index is 12.2. The Labute approximate surface area is 179 Å². The third-order valence-corrected chi connectivity index (χ3v) is 4.52. The molecule has 0 aromatic heterocycles. The molecule has 0 aliphatic carbocycles. The van der Waals surface area contributed by atoms with Crippen molar-refractivity contribution in [1.82, 2.24) is 5.32 Å². The van der Waals surface area contributed by atoms with E-state index in [1.165, 1.54) is 0 Å². The zero-order valence-corrected chi connectivity index (χ0v) is 17.8. The number of benzene rings is 2. The lowest BCUT2D eigenvalue weighted by Crippen LogP contribution is -2.33. The summed E-state index contributed by atoms with van der Waals surface area (Å²) in [6.45, 7) is 1.59. The summed E-state index contributed by atoms with van der Waals surface area (Å²) < 4.78 is 6.40. The number of rotatable bonds is 10. The Bertz CT molecular complexity index is 773. The average molecular weight is 471 g/mol. The van der Waals surface area contributed by atoms with Crippen molar-refractivity contribution in [1.29, 1.82) is 0 Å². The standard InChI is InChI=1S/C20H24BrN3O3.ClH/c21-17-13-16(7-8-19(17)27-12-4-10-22)14-18(24-26)20(25)23-11-9-15-5-2-1-3-6-15;/h1-3,5-8,13,26H,4,9-12,14,22H2,(H,23,25);1H/b24-18+;. The summed E-state index contributed by atoms with van der Waals surface area (Å²) in [7, 11) is 0. The van der Waals surface area contributed by atoms with Crippen LogP contribution in [0.4, 0.5) is 0 Å². The summed E-state index contributed by atoms with van der Waals surface area (Å²) in [6, 6.07) is 15.4. The van der Waals surface area contributed by atoms with Crippen LogP contribution in [0.15, 0.2) is 58.2 Å². The van der Waals surface area contributed by atoms with Gasteiger partial charge in [0.25, 0.3) is 5.91 Å². The van der Waals surface area contributed by atoms with Gasteiger partial charge in [-0.1, -0.05) is 41.6 Å². The van der Waals surface area contributed by atoms with Crippen molar-refractivity contribution in [2.75, 3.05) is 19.7 Å². The molecule has 8 heteroatoms. The predicted molar refractivity (Wildman–Crippen MR) is 117 cm³/mol. The van der Waals surface area contributed by atoms with Gasteiger partial charge in [-0.05, 0) is 58.6 Å². The molecular weight excluding hydrogens is 446 g/mol. The molecular formula is C20H25BrClN3O3. The topological polar surface area (TPSA) is 96.9 Å². The van der Waals surface area contributed by atoms with Crippen LogP contribution in [0.3, 0.4) is 0 Å². The minimum Gasteiger partial charge on any atom is -0.492 e. The minimum absolute atomic E-state index is 0. The highest BCUT2D eigenvalue weighted by molar-refractivity contribution is 9.10. The lowest BCUT2D eigenvalue weighted by molar-refractivity contribution is -0.115. The number of carbonyl (C=O) groups is 1. The molecule has 0 saturated heterocycles. The lowest BCUT2D eigenvalue weighted by atomic mass is 10.1. The van der Waals surface area contributed by atoms with E-state index in [9.17, 15) is 10.0 Å². The molecule has 0 unspecified atom stereocenters. The van der Waals surface area contributed by atoms with E-state index in [-0.39, 0.29) is 30.4 Å². The van der Waals surface area contributed by atoms with Gasteiger partial charge in [0.15, 0.2) is 0 Å². The molecule has 2 aromatic carbocycles. The normalized spacial score (nSPS) is 10.9. The first-order valence-electron chi connectivity index (χ1n) is 8.78. The van der Waals surface area contributed by atoms with E-state index in [1.807, 2.05) is 48.5 Å². The molecule has 0 spiro atoms. The summed E-state index contributed by atoms with van der Waals surface area (Å²) in [5, 5.41) is 15.2. The highest BCUT2D eigenvalue weighted by Crippen LogP contribution is 2.26. The molecule has 0 saturated carbocycles. The van der Waals surface area contributed by atoms with Crippen molar-refractivity contribution < 1.29 is 14.7 Å². The van der Waals surface area contributed by atoms with Crippen molar-refractivity contribution in [2.45, 2.75) is 19.3 Å². The van der Waals surface area contributed by atoms with Crippen LogP contribution >= 0.6 is 28.3 Å². The largest absolute Gasteiger partial charge is 0.492 e. The molecule has 2 rings (SSSR count). The highest BCUT2D eigenvalue weighted by Gasteiger charge is 2.14. The van der Waals surface area contributed by atoms with Crippen molar-refractivity contribution in [3.63, 3.8) is 0 Å². The first-order valence-corrected chi connectivity index (χ1v) is 9.57. The lowest BCUT2D eigenvalue weighted by Gasteiger charge is -2.10. The van der Waals surface area contributed by atoms with E-state index in [4.69, 9.17) is 10.5 Å². The smallest absolute Gasteiger partial charge is 0.269 e. The zero-order valence-electron chi connectivity index (χ0n) is 15.4. The van der Waals surface area contributed by atoms with Gasteiger partial charge >= 0.3 is 0 Å². The Morgan fingerprint density at radius 3 is 2.57 bits per heavy atom. The van der Waals surface area contributed by atoms with Gasteiger partial charge in [0.2, 0.25) is 0 Å². The zero-order chi connectivity index (χ0) is 19.5. The van der Waals surface area contributed by atoms with Crippen LogP contribution in [0.1, 0.15) is 17.5 Å². The molecule has 0 fully saturated rings. The minimum atomic E-state index is -0.382. The van der Waals surface area contributed by atoms with Crippen LogP contribution in [0.25, 0.3) is 0 Å². The van der Waals surface area contributed by atoms with Gasteiger partial charge < -0.3 is 21.0 Å². The molecule has 6 nitrogen and oxygen atoms in total. The first kappa shape index (κ1) is 23.9. The Morgan fingerprint density at radius 2 is 1.93 bits per heavy atom. The van der Waals surface area contributed by atoms with Crippen LogP contribution in [0.2, 0.25) is 0 Å². The Morgan fingerprint density at radius 1 is 1.18 bits per heavy atom. The van der Waals surface area contributed by atoms with Gasteiger partial charge in [-0.15, -0.1) is 12.4 Å². The number of hydrogen-bond acceptors (Lipinski definition) is 5. The van der Waals surface area contributed by atoms with Crippen molar-refractivity contribution in [3.8, 4) is 5.75 Å². The monoisotopic (exact) mass is 469 g/mol. The molecule has 28 heavy (non-hydrogen) atoms. The quantitative estimate of drug-likeness (QED) is 0.215. The second-order valence-electron chi connectivity index (χ2n) is 5.97. The molecule has 2 aromatic rings. The molecule has 0 bridgehead atoms. The van der Waals surface area contributed by atoms with Crippen molar-refractivity contribution in [3.05, 3.63) is 64.1 Å². The number of nitrogens with one attached hydrogen (secondary N) is 1. The van der Waals surface area contributed by atoms with Crippen LogP contribution < -0.4 is 15.8 Å². The predicted octanol–water partition coefficient (Wildman–Crippen LogP) is 3.33. The molecule has 0 radical (unpaired) electrons. The fraction of sp³-hybridized carbons (Fsp3) is 0.300.